The van der Waals surface area contributed by atoms with E-state index in [2.05, 4.69) is 15.6 Å². The molecule has 1 aliphatic heterocycles. The van der Waals surface area contributed by atoms with Crippen molar-refractivity contribution in [3.63, 3.8) is 0 Å². The van der Waals surface area contributed by atoms with Gasteiger partial charge in [0.2, 0.25) is 0 Å². The van der Waals surface area contributed by atoms with Gasteiger partial charge in [-0.3, -0.25) is 4.98 Å². The molecule has 1 fully saturated rings. The van der Waals surface area contributed by atoms with Gasteiger partial charge in [0, 0.05) is 41.4 Å². The molecule has 140 valence electrons. The predicted molar refractivity (Wildman–Crippen MR) is 106 cm³/mol. The van der Waals surface area contributed by atoms with E-state index in [1.54, 1.807) is 25.0 Å². The summed E-state index contributed by atoms with van der Waals surface area (Å²) in [6, 6.07) is 7.84. The fraction of sp³-hybridized carbons (Fsp3) is 0.421. The highest BCUT2D eigenvalue weighted by atomic mass is 35.5. The summed E-state index contributed by atoms with van der Waals surface area (Å²) >= 11 is 7.68. The molecule has 2 aromatic rings. The summed E-state index contributed by atoms with van der Waals surface area (Å²) in [5.41, 5.74) is 1.41. The Bertz CT molecular complexity index is 716. The van der Waals surface area contributed by atoms with Gasteiger partial charge in [-0.1, -0.05) is 11.6 Å². The molecule has 0 saturated carbocycles. The molecule has 0 aliphatic carbocycles. The highest BCUT2D eigenvalue weighted by molar-refractivity contribution is 7.99. The number of hydrogen-bond acceptors (Lipinski definition) is 5. The first kappa shape index (κ1) is 19.4. The second kappa shape index (κ2) is 9.55. The lowest BCUT2D eigenvalue weighted by Crippen LogP contribution is -2.45. The van der Waals surface area contributed by atoms with Gasteiger partial charge in [0.1, 0.15) is 5.82 Å². The number of anilines is 1. The zero-order chi connectivity index (χ0) is 18.4. The van der Waals surface area contributed by atoms with Gasteiger partial charge < -0.3 is 15.4 Å². The maximum atomic E-state index is 14.0. The molecule has 1 saturated heterocycles. The van der Waals surface area contributed by atoms with Crippen molar-refractivity contribution in [2.75, 3.05) is 31.2 Å². The fourth-order valence-corrected chi connectivity index (χ4v) is 4.03. The number of rotatable bonds is 7. The van der Waals surface area contributed by atoms with Crippen molar-refractivity contribution in [1.29, 1.82) is 0 Å². The first-order valence-electron chi connectivity index (χ1n) is 8.70. The topological polar surface area (TPSA) is 46.2 Å². The number of pyridine rings is 1. The minimum absolute atomic E-state index is 0.0804. The van der Waals surface area contributed by atoms with Crippen LogP contribution in [-0.2, 0) is 11.2 Å². The summed E-state index contributed by atoms with van der Waals surface area (Å²) in [6.07, 6.45) is 4.53. The molecule has 1 aromatic heterocycles. The number of ether oxygens (including phenoxy) is 1. The molecule has 1 aliphatic rings. The number of aromatic nitrogens is 1. The molecule has 2 N–H and O–H groups in total. The van der Waals surface area contributed by atoms with Gasteiger partial charge in [0.15, 0.2) is 0 Å². The van der Waals surface area contributed by atoms with Gasteiger partial charge in [-0.25, -0.2) is 4.39 Å². The van der Waals surface area contributed by atoms with E-state index in [-0.39, 0.29) is 18.0 Å². The second-order valence-electron chi connectivity index (χ2n) is 6.24. The summed E-state index contributed by atoms with van der Waals surface area (Å²) in [6.45, 7) is 1.63. The lowest BCUT2D eigenvalue weighted by Gasteiger charge is -2.31. The average molecular weight is 396 g/mol. The largest absolute Gasteiger partial charge is 0.387 e. The lowest BCUT2D eigenvalue weighted by atomic mass is 10.0. The number of halogens is 2. The van der Waals surface area contributed by atoms with E-state index in [9.17, 15) is 4.39 Å². The van der Waals surface area contributed by atoms with Gasteiger partial charge in [0.05, 0.1) is 30.3 Å². The van der Waals surface area contributed by atoms with Gasteiger partial charge in [-0.2, -0.15) is 0 Å². The number of thioether (sulfide) groups is 1. The van der Waals surface area contributed by atoms with E-state index in [1.165, 1.54) is 11.1 Å². The maximum absolute atomic E-state index is 14.0. The van der Waals surface area contributed by atoms with Crippen molar-refractivity contribution >= 4 is 29.1 Å². The van der Waals surface area contributed by atoms with Crippen LogP contribution in [0.3, 0.4) is 0 Å². The molecule has 2 heterocycles. The van der Waals surface area contributed by atoms with Crippen LogP contribution >= 0.6 is 23.4 Å². The molecule has 1 aromatic carbocycles. The van der Waals surface area contributed by atoms with Crippen molar-refractivity contribution < 1.29 is 9.13 Å². The number of hydrogen-bond donors (Lipinski definition) is 2. The highest BCUT2D eigenvalue weighted by Crippen LogP contribution is 2.24. The quantitative estimate of drug-likeness (QED) is 0.694. The van der Waals surface area contributed by atoms with Gasteiger partial charge in [0.25, 0.3) is 0 Å². The normalized spacial score (nSPS) is 20.1. The van der Waals surface area contributed by atoms with Gasteiger partial charge in [-0.05, 0) is 37.1 Å². The van der Waals surface area contributed by atoms with Crippen molar-refractivity contribution in [2.45, 2.75) is 29.9 Å². The Morgan fingerprint density at radius 3 is 2.81 bits per heavy atom. The van der Waals surface area contributed by atoms with Crippen molar-refractivity contribution in [3.05, 3.63) is 53.1 Å². The van der Waals surface area contributed by atoms with Crippen LogP contribution in [0.4, 0.5) is 10.1 Å². The van der Waals surface area contributed by atoms with E-state index in [0.717, 1.165) is 36.0 Å². The molecule has 0 radical (unpaired) electrons. The minimum Gasteiger partial charge on any atom is -0.387 e. The minimum atomic E-state index is -0.268. The Morgan fingerprint density at radius 1 is 1.27 bits per heavy atom. The van der Waals surface area contributed by atoms with Crippen LogP contribution in [0.5, 0.6) is 0 Å². The Morgan fingerprint density at radius 2 is 2.04 bits per heavy atom. The molecular formula is C19H23ClFN3OS. The van der Waals surface area contributed by atoms with E-state index < -0.39 is 0 Å². The number of nitrogens with one attached hydrogen (secondary N) is 2. The maximum Gasteiger partial charge on any atom is 0.146 e. The standard InChI is InChI=1S/C19H23ClFN3OS/c1-22-19-11-24-10-18(21)17(19)7-4-14-8-23-9-15(25-14)12-26-16-5-2-13(20)3-6-16/h2-3,5-6,10-11,14-15,22-23H,4,7-9,12H2,1H3/t14-,15+/m1/s1. The molecule has 2 atom stereocenters. The Hall–Kier alpha value is -1.34. The van der Waals surface area contributed by atoms with Crippen molar-refractivity contribution in [1.82, 2.24) is 10.3 Å². The van der Waals surface area contributed by atoms with E-state index in [1.807, 2.05) is 24.3 Å². The number of nitrogens with zero attached hydrogens (tertiary/aromatic N) is 1. The van der Waals surface area contributed by atoms with Crippen LogP contribution < -0.4 is 10.6 Å². The molecule has 0 amide bonds. The van der Waals surface area contributed by atoms with Crippen LogP contribution in [-0.4, -0.2) is 43.1 Å². The first-order chi connectivity index (χ1) is 12.7. The molecule has 26 heavy (non-hydrogen) atoms. The van der Waals surface area contributed by atoms with Gasteiger partial charge in [-0.15, -0.1) is 11.8 Å². The molecule has 7 heteroatoms. The van der Waals surface area contributed by atoms with Crippen LogP contribution in [0.2, 0.25) is 5.02 Å². The highest BCUT2D eigenvalue weighted by Gasteiger charge is 2.23. The summed E-state index contributed by atoms with van der Waals surface area (Å²) in [5.74, 6) is 0.603. The van der Waals surface area contributed by atoms with Gasteiger partial charge >= 0.3 is 0 Å². The van der Waals surface area contributed by atoms with Crippen molar-refractivity contribution in [2.24, 2.45) is 0 Å². The monoisotopic (exact) mass is 395 g/mol. The zero-order valence-electron chi connectivity index (χ0n) is 14.7. The smallest absolute Gasteiger partial charge is 0.146 e. The molecule has 3 rings (SSSR count). The van der Waals surface area contributed by atoms with E-state index >= 15 is 0 Å². The Labute approximate surface area is 162 Å². The first-order valence-corrected chi connectivity index (χ1v) is 10.1. The molecule has 0 spiro atoms. The molecule has 0 bridgehead atoms. The second-order valence-corrected chi connectivity index (χ2v) is 7.77. The third kappa shape index (κ3) is 5.33. The third-order valence-electron chi connectivity index (χ3n) is 4.37. The lowest BCUT2D eigenvalue weighted by molar-refractivity contribution is -0.0281. The predicted octanol–water partition coefficient (Wildman–Crippen LogP) is 4.00. The van der Waals surface area contributed by atoms with E-state index in [0.29, 0.717) is 12.0 Å². The average Bonchev–Trinajstić information content (AvgIpc) is 2.67. The SMILES string of the molecule is CNc1cncc(F)c1CC[C@@H]1CNC[C@@H](CSc2ccc(Cl)cc2)O1. The summed E-state index contributed by atoms with van der Waals surface area (Å²) in [4.78, 5) is 5.07. The summed E-state index contributed by atoms with van der Waals surface area (Å²) in [5, 5.41) is 7.18. The third-order valence-corrected chi connectivity index (χ3v) is 5.76. The van der Waals surface area contributed by atoms with Crippen LogP contribution in [0.1, 0.15) is 12.0 Å². The number of benzene rings is 1. The zero-order valence-corrected chi connectivity index (χ0v) is 16.2. The van der Waals surface area contributed by atoms with Crippen LogP contribution in [0, 0.1) is 5.82 Å². The van der Waals surface area contributed by atoms with Crippen molar-refractivity contribution in [3.8, 4) is 0 Å². The van der Waals surface area contributed by atoms with E-state index in [4.69, 9.17) is 16.3 Å². The Balaban J connectivity index is 1.50. The summed E-state index contributed by atoms with van der Waals surface area (Å²) < 4.78 is 20.2. The fourth-order valence-electron chi connectivity index (χ4n) is 3.00. The van der Waals surface area contributed by atoms with Crippen LogP contribution in [0.15, 0.2) is 41.6 Å². The molecule has 4 nitrogen and oxygen atoms in total. The summed E-state index contributed by atoms with van der Waals surface area (Å²) in [7, 11) is 1.78. The molecular weight excluding hydrogens is 373 g/mol. The Kier molecular flexibility index (Phi) is 7.14. The number of morpholine rings is 1. The molecule has 0 unspecified atom stereocenters. The van der Waals surface area contributed by atoms with Crippen LogP contribution in [0.25, 0.3) is 0 Å².